The average Bonchev–Trinajstić information content (AvgIpc) is 2.83. The molecule has 1 unspecified atom stereocenters. The molecule has 6 nitrogen and oxygen atoms in total. The van der Waals surface area contributed by atoms with E-state index in [1.54, 1.807) is 6.07 Å². The van der Waals surface area contributed by atoms with Crippen LogP contribution < -0.4 is 4.74 Å². The number of allylic oxidation sites excluding steroid dienone is 2. The second-order valence-electron chi connectivity index (χ2n) is 5.37. The fourth-order valence-corrected chi connectivity index (χ4v) is 2.83. The maximum absolute atomic E-state index is 12.8. The number of rotatable bonds is 6. The molecule has 1 atom stereocenters. The smallest absolute Gasteiger partial charge is 0.170 e. The van der Waals surface area contributed by atoms with Gasteiger partial charge in [0, 0.05) is 17.9 Å². The van der Waals surface area contributed by atoms with E-state index in [-0.39, 0.29) is 17.5 Å². The lowest BCUT2D eigenvalue weighted by Gasteiger charge is -2.11. The molecule has 23 heavy (non-hydrogen) atoms. The van der Waals surface area contributed by atoms with Crippen LogP contribution in [0.15, 0.2) is 29.1 Å². The highest BCUT2D eigenvalue weighted by molar-refractivity contribution is 6.25. The highest BCUT2D eigenvalue weighted by atomic mass is 16.6. The maximum Gasteiger partial charge on any atom is 0.170 e. The summed E-state index contributed by atoms with van der Waals surface area (Å²) in [7, 11) is 4.54. The minimum atomic E-state index is -0.258. The number of benzene rings is 1. The predicted octanol–water partition coefficient (Wildman–Crippen LogP) is 2.76. The number of aromatic hydroxyl groups is 1. The van der Waals surface area contributed by atoms with Crippen molar-refractivity contribution >= 4 is 17.1 Å². The molecule has 124 valence electrons. The van der Waals surface area contributed by atoms with Crippen molar-refractivity contribution in [3.63, 3.8) is 0 Å². The molecule has 6 heteroatoms. The largest absolute Gasteiger partial charge is 0.508 e. The summed E-state index contributed by atoms with van der Waals surface area (Å²) in [6.45, 7) is 1.82. The molecule has 0 aliphatic heterocycles. The van der Waals surface area contributed by atoms with Crippen molar-refractivity contribution in [1.29, 1.82) is 0 Å². The Hall–Kier alpha value is -2.50. The molecule has 1 aromatic carbocycles. The van der Waals surface area contributed by atoms with Gasteiger partial charge in [0.2, 0.25) is 0 Å². The number of ketones is 1. The van der Waals surface area contributed by atoms with E-state index in [0.29, 0.717) is 35.5 Å². The molecular formula is C17H21NO5. The van der Waals surface area contributed by atoms with Crippen LogP contribution in [0.4, 0.5) is 0 Å². The predicted molar refractivity (Wildman–Crippen MR) is 86.4 cm³/mol. The number of ether oxygens (including phenoxy) is 2. The van der Waals surface area contributed by atoms with Crippen molar-refractivity contribution in [3.8, 4) is 11.5 Å². The first kappa shape index (κ1) is 16.9. The fraction of sp³-hybridized carbons (Fsp3) is 0.412. The first-order chi connectivity index (χ1) is 11.0. The van der Waals surface area contributed by atoms with Crippen LogP contribution in [0.5, 0.6) is 11.5 Å². The molecule has 0 bridgehead atoms. The van der Waals surface area contributed by atoms with Gasteiger partial charge in [-0.1, -0.05) is 5.16 Å². The summed E-state index contributed by atoms with van der Waals surface area (Å²) in [5.74, 6) is 0.872. The van der Waals surface area contributed by atoms with Crippen molar-refractivity contribution in [2.75, 3.05) is 21.3 Å². The van der Waals surface area contributed by atoms with Crippen molar-refractivity contribution < 1.29 is 24.2 Å². The van der Waals surface area contributed by atoms with Gasteiger partial charge in [-0.25, -0.2) is 0 Å². The second kappa shape index (κ2) is 7.17. The minimum absolute atomic E-state index is 0.0450. The Kier molecular flexibility index (Phi) is 5.26. The van der Waals surface area contributed by atoms with Gasteiger partial charge in [-0.3, -0.25) is 4.79 Å². The molecule has 0 aromatic heterocycles. The minimum Gasteiger partial charge on any atom is -0.508 e. The van der Waals surface area contributed by atoms with E-state index in [1.807, 2.05) is 6.92 Å². The Morgan fingerprint density at radius 1 is 1.30 bits per heavy atom. The maximum atomic E-state index is 12.8. The van der Waals surface area contributed by atoms with E-state index in [9.17, 15) is 9.90 Å². The van der Waals surface area contributed by atoms with Crippen molar-refractivity contribution in [2.45, 2.75) is 19.8 Å². The number of carbonyl (C=O) groups is 1. The summed E-state index contributed by atoms with van der Waals surface area (Å²) in [5, 5.41) is 13.6. The number of Topliss-reactive ketones (excluding diaryl/α,β-unsaturated/α-hetero) is 1. The van der Waals surface area contributed by atoms with Gasteiger partial charge in [-0.2, -0.15) is 0 Å². The van der Waals surface area contributed by atoms with Gasteiger partial charge in [-0.15, -0.1) is 0 Å². The fourth-order valence-electron chi connectivity index (χ4n) is 2.83. The number of carbonyl (C=O) groups excluding carboxylic acids is 1. The molecule has 1 aromatic rings. The molecule has 2 rings (SSSR count). The average molecular weight is 319 g/mol. The van der Waals surface area contributed by atoms with Crippen LogP contribution in [-0.4, -0.2) is 37.9 Å². The van der Waals surface area contributed by atoms with Gasteiger partial charge in [0.25, 0.3) is 0 Å². The summed E-state index contributed by atoms with van der Waals surface area (Å²) in [4.78, 5) is 17.6. The summed E-state index contributed by atoms with van der Waals surface area (Å²) < 4.78 is 10.7. The third-order valence-electron chi connectivity index (χ3n) is 3.82. The summed E-state index contributed by atoms with van der Waals surface area (Å²) in [5.41, 5.74) is 1.74. The summed E-state index contributed by atoms with van der Waals surface area (Å²) in [6, 6.07) is 4.66. The zero-order chi connectivity index (χ0) is 17.0. The van der Waals surface area contributed by atoms with E-state index in [0.717, 1.165) is 5.71 Å². The van der Waals surface area contributed by atoms with Crippen LogP contribution in [0, 0.1) is 5.92 Å². The number of phenolic OH excluding ortho intramolecular Hbond substituents is 1. The topological polar surface area (TPSA) is 77.3 Å². The molecule has 0 saturated carbocycles. The Bertz CT molecular complexity index is 663. The van der Waals surface area contributed by atoms with Gasteiger partial charge < -0.3 is 19.4 Å². The van der Waals surface area contributed by atoms with E-state index >= 15 is 0 Å². The molecule has 1 aliphatic carbocycles. The zero-order valence-electron chi connectivity index (χ0n) is 13.8. The quantitative estimate of drug-likeness (QED) is 0.644. The first-order valence-electron chi connectivity index (χ1n) is 7.27. The van der Waals surface area contributed by atoms with E-state index < -0.39 is 0 Å². The molecule has 0 spiro atoms. The highest BCUT2D eigenvalue weighted by Gasteiger charge is 2.36. The van der Waals surface area contributed by atoms with E-state index in [2.05, 4.69) is 5.16 Å². The Morgan fingerprint density at radius 3 is 2.65 bits per heavy atom. The molecule has 0 amide bonds. The molecule has 0 radical (unpaired) electrons. The van der Waals surface area contributed by atoms with Gasteiger partial charge in [0.1, 0.15) is 24.4 Å². The number of oxime groups is 1. The molecular weight excluding hydrogens is 298 g/mol. The van der Waals surface area contributed by atoms with Crippen LogP contribution in [-0.2, 0) is 14.4 Å². The lowest BCUT2D eigenvalue weighted by Crippen LogP contribution is -2.14. The highest BCUT2D eigenvalue weighted by Crippen LogP contribution is 2.41. The number of phenols is 1. The molecule has 0 saturated heterocycles. The monoisotopic (exact) mass is 319 g/mol. The summed E-state index contributed by atoms with van der Waals surface area (Å²) >= 11 is 0. The van der Waals surface area contributed by atoms with Crippen LogP contribution in [0.1, 0.15) is 25.3 Å². The molecule has 0 fully saturated rings. The standard InChI is InChI=1S/C17H21NO5/c1-10(18-23-4)7-11-8-15(22-3)16(17(11)20)13-9-12(19)5-6-14(13)21-2/h5-6,9,11,19H,7-8H2,1-4H3. The van der Waals surface area contributed by atoms with Crippen LogP contribution in [0.2, 0.25) is 0 Å². The van der Waals surface area contributed by atoms with Crippen molar-refractivity contribution in [3.05, 3.63) is 29.5 Å². The number of hydrogen-bond donors (Lipinski definition) is 1. The number of nitrogens with zero attached hydrogens (tertiary/aromatic N) is 1. The van der Waals surface area contributed by atoms with Gasteiger partial charge >= 0.3 is 0 Å². The third kappa shape index (κ3) is 3.47. The van der Waals surface area contributed by atoms with Gasteiger partial charge in [0.05, 0.1) is 25.5 Å². The van der Waals surface area contributed by atoms with Gasteiger partial charge in [0.15, 0.2) is 5.78 Å². The Morgan fingerprint density at radius 2 is 2.04 bits per heavy atom. The van der Waals surface area contributed by atoms with Crippen LogP contribution in [0.3, 0.4) is 0 Å². The van der Waals surface area contributed by atoms with E-state index in [1.165, 1.54) is 33.5 Å². The van der Waals surface area contributed by atoms with Crippen molar-refractivity contribution in [1.82, 2.24) is 0 Å². The van der Waals surface area contributed by atoms with Gasteiger partial charge in [-0.05, 0) is 31.5 Å². The lowest BCUT2D eigenvalue weighted by atomic mass is 9.94. The number of methoxy groups -OCH3 is 2. The van der Waals surface area contributed by atoms with Crippen LogP contribution in [0.25, 0.3) is 5.57 Å². The third-order valence-corrected chi connectivity index (χ3v) is 3.82. The first-order valence-corrected chi connectivity index (χ1v) is 7.27. The molecule has 1 N–H and O–H groups in total. The lowest BCUT2D eigenvalue weighted by molar-refractivity contribution is -0.116. The van der Waals surface area contributed by atoms with E-state index in [4.69, 9.17) is 14.3 Å². The molecule has 1 aliphatic rings. The van der Waals surface area contributed by atoms with Crippen molar-refractivity contribution in [2.24, 2.45) is 11.1 Å². The normalized spacial score (nSPS) is 18.3. The Balaban J connectivity index is 2.39. The molecule has 0 heterocycles. The summed E-state index contributed by atoms with van der Waals surface area (Å²) in [6.07, 6.45) is 0.976. The second-order valence-corrected chi connectivity index (χ2v) is 5.37. The Labute approximate surface area is 135 Å². The number of hydrogen-bond acceptors (Lipinski definition) is 6. The van der Waals surface area contributed by atoms with Crippen LogP contribution >= 0.6 is 0 Å². The SMILES string of the molecule is CON=C(C)CC1CC(OC)=C(c2cc(O)ccc2OC)C1=O. The zero-order valence-corrected chi connectivity index (χ0v) is 13.8.